The van der Waals surface area contributed by atoms with Crippen molar-refractivity contribution in [1.82, 2.24) is 9.78 Å². The molecule has 1 aromatic rings. The predicted molar refractivity (Wildman–Crippen MR) is 53.6 cm³/mol. The van der Waals surface area contributed by atoms with Crippen LogP contribution in [0.1, 0.15) is 44.7 Å². The van der Waals surface area contributed by atoms with Crippen molar-refractivity contribution in [1.29, 1.82) is 0 Å². The van der Waals surface area contributed by atoms with Crippen LogP contribution in [0, 0.1) is 12.3 Å². The molecule has 0 spiro atoms. The molecule has 0 aliphatic heterocycles. The third-order valence-electron chi connectivity index (χ3n) is 3.25. The Balaban J connectivity index is 2.26. The van der Waals surface area contributed by atoms with Crippen molar-refractivity contribution in [3.63, 3.8) is 0 Å². The van der Waals surface area contributed by atoms with Crippen LogP contribution in [0.15, 0.2) is 12.4 Å². The summed E-state index contributed by atoms with van der Waals surface area (Å²) in [6.45, 7) is 6.80. The standard InChI is InChI=1S/C11H18N2/c1-9-7-12-13(8-9)10-5-4-6-11(10,2)3/h7-8,10H,4-6H2,1-3H3. The van der Waals surface area contributed by atoms with Crippen molar-refractivity contribution < 1.29 is 0 Å². The van der Waals surface area contributed by atoms with Gasteiger partial charge in [-0.3, -0.25) is 4.68 Å². The first kappa shape index (κ1) is 8.79. The topological polar surface area (TPSA) is 17.8 Å². The normalized spacial score (nSPS) is 26.5. The summed E-state index contributed by atoms with van der Waals surface area (Å²) in [5.74, 6) is 0. The monoisotopic (exact) mass is 178 g/mol. The van der Waals surface area contributed by atoms with Gasteiger partial charge in [0.1, 0.15) is 0 Å². The number of hydrogen-bond donors (Lipinski definition) is 0. The highest BCUT2D eigenvalue weighted by molar-refractivity contribution is 5.02. The van der Waals surface area contributed by atoms with Gasteiger partial charge in [0.25, 0.3) is 0 Å². The zero-order chi connectivity index (χ0) is 9.47. The highest BCUT2D eigenvalue weighted by atomic mass is 15.3. The van der Waals surface area contributed by atoms with Crippen LogP contribution in [0.25, 0.3) is 0 Å². The lowest BCUT2D eigenvalue weighted by molar-refractivity contribution is 0.243. The van der Waals surface area contributed by atoms with Gasteiger partial charge < -0.3 is 0 Å². The maximum absolute atomic E-state index is 4.41. The van der Waals surface area contributed by atoms with Gasteiger partial charge in [-0.15, -0.1) is 0 Å². The summed E-state index contributed by atoms with van der Waals surface area (Å²) >= 11 is 0. The molecular formula is C11H18N2. The van der Waals surface area contributed by atoms with Crippen molar-refractivity contribution in [2.45, 2.75) is 46.1 Å². The van der Waals surface area contributed by atoms with E-state index < -0.39 is 0 Å². The van der Waals surface area contributed by atoms with Gasteiger partial charge >= 0.3 is 0 Å². The molecule has 2 rings (SSSR count). The number of rotatable bonds is 1. The molecule has 0 aromatic carbocycles. The van der Waals surface area contributed by atoms with Crippen LogP contribution in [-0.4, -0.2) is 9.78 Å². The Labute approximate surface area is 80.0 Å². The van der Waals surface area contributed by atoms with E-state index in [0.717, 1.165) is 0 Å². The summed E-state index contributed by atoms with van der Waals surface area (Å²) in [4.78, 5) is 0. The quantitative estimate of drug-likeness (QED) is 0.646. The summed E-state index contributed by atoms with van der Waals surface area (Å²) in [6, 6.07) is 0.612. The molecule has 2 nitrogen and oxygen atoms in total. The van der Waals surface area contributed by atoms with Gasteiger partial charge in [-0.25, -0.2) is 0 Å². The van der Waals surface area contributed by atoms with E-state index in [1.54, 1.807) is 0 Å². The van der Waals surface area contributed by atoms with Gasteiger partial charge in [-0.2, -0.15) is 5.10 Å². The number of nitrogens with zero attached hydrogens (tertiary/aromatic N) is 2. The Kier molecular flexibility index (Phi) is 1.94. The first-order valence-electron chi connectivity index (χ1n) is 5.10. The van der Waals surface area contributed by atoms with E-state index >= 15 is 0 Å². The fraction of sp³-hybridized carbons (Fsp3) is 0.727. The van der Waals surface area contributed by atoms with E-state index in [-0.39, 0.29) is 0 Å². The summed E-state index contributed by atoms with van der Waals surface area (Å²) in [5, 5.41) is 4.41. The molecule has 1 unspecified atom stereocenters. The van der Waals surface area contributed by atoms with Crippen LogP contribution >= 0.6 is 0 Å². The van der Waals surface area contributed by atoms with Crippen molar-refractivity contribution in [2.24, 2.45) is 5.41 Å². The minimum Gasteiger partial charge on any atom is -0.269 e. The Morgan fingerprint density at radius 1 is 1.54 bits per heavy atom. The van der Waals surface area contributed by atoms with Crippen molar-refractivity contribution in [2.75, 3.05) is 0 Å². The maximum atomic E-state index is 4.41. The molecular weight excluding hydrogens is 160 g/mol. The molecule has 1 aromatic heterocycles. The molecule has 1 atom stereocenters. The van der Waals surface area contributed by atoms with Crippen molar-refractivity contribution in [3.8, 4) is 0 Å². The lowest BCUT2D eigenvalue weighted by Gasteiger charge is -2.27. The lowest BCUT2D eigenvalue weighted by atomic mass is 9.87. The Morgan fingerprint density at radius 2 is 2.31 bits per heavy atom. The molecule has 0 saturated heterocycles. The Morgan fingerprint density at radius 3 is 2.77 bits per heavy atom. The third-order valence-corrected chi connectivity index (χ3v) is 3.25. The minimum atomic E-state index is 0.429. The van der Waals surface area contributed by atoms with E-state index in [0.29, 0.717) is 11.5 Å². The zero-order valence-electron chi connectivity index (χ0n) is 8.75. The summed E-state index contributed by atoms with van der Waals surface area (Å²) in [7, 11) is 0. The second-order valence-corrected chi connectivity index (χ2v) is 4.89. The Hall–Kier alpha value is -0.790. The average molecular weight is 178 g/mol. The average Bonchev–Trinajstić information content (AvgIpc) is 2.56. The fourth-order valence-corrected chi connectivity index (χ4v) is 2.40. The van der Waals surface area contributed by atoms with Crippen LogP contribution in [0.3, 0.4) is 0 Å². The van der Waals surface area contributed by atoms with Crippen LogP contribution in [0.2, 0.25) is 0 Å². The van der Waals surface area contributed by atoms with Crippen LogP contribution in [0.5, 0.6) is 0 Å². The van der Waals surface area contributed by atoms with Crippen molar-refractivity contribution >= 4 is 0 Å². The molecule has 0 bridgehead atoms. The lowest BCUT2D eigenvalue weighted by Crippen LogP contribution is -2.21. The summed E-state index contributed by atoms with van der Waals surface area (Å²) in [5.41, 5.74) is 1.70. The third kappa shape index (κ3) is 1.50. The van der Waals surface area contributed by atoms with Gasteiger partial charge in [0.2, 0.25) is 0 Å². The molecule has 13 heavy (non-hydrogen) atoms. The predicted octanol–water partition coefficient (Wildman–Crippen LogP) is 2.94. The second kappa shape index (κ2) is 2.86. The molecule has 1 saturated carbocycles. The fourth-order valence-electron chi connectivity index (χ4n) is 2.40. The largest absolute Gasteiger partial charge is 0.269 e. The summed E-state index contributed by atoms with van der Waals surface area (Å²) in [6.07, 6.45) is 8.08. The van der Waals surface area contributed by atoms with Gasteiger partial charge in [0, 0.05) is 6.20 Å². The SMILES string of the molecule is Cc1cnn(C2CCCC2(C)C)c1. The van der Waals surface area contributed by atoms with E-state index in [4.69, 9.17) is 0 Å². The van der Waals surface area contributed by atoms with Crippen LogP contribution < -0.4 is 0 Å². The van der Waals surface area contributed by atoms with Gasteiger partial charge in [0.05, 0.1) is 12.2 Å². The van der Waals surface area contributed by atoms with Crippen LogP contribution in [-0.2, 0) is 0 Å². The summed E-state index contributed by atoms with van der Waals surface area (Å²) < 4.78 is 2.16. The Bertz CT molecular complexity index is 299. The van der Waals surface area contributed by atoms with Gasteiger partial charge in [-0.05, 0) is 30.7 Å². The minimum absolute atomic E-state index is 0.429. The first-order valence-corrected chi connectivity index (χ1v) is 5.10. The smallest absolute Gasteiger partial charge is 0.0570 e. The number of aromatic nitrogens is 2. The molecule has 1 aliphatic carbocycles. The van der Waals surface area contributed by atoms with E-state index in [1.807, 2.05) is 6.20 Å². The molecule has 1 aliphatic rings. The van der Waals surface area contributed by atoms with Crippen molar-refractivity contribution in [3.05, 3.63) is 18.0 Å². The molecule has 0 N–H and O–H groups in total. The molecule has 2 heteroatoms. The van der Waals surface area contributed by atoms with E-state index in [9.17, 15) is 0 Å². The molecule has 1 heterocycles. The molecule has 72 valence electrons. The van der Waals surface area contributed by atoms with Gasteiger partial charge in [0.15, 0.2) is 0 Å². The number of aryl methyl sites for hydroxylation is 1. The van der Waals surface area contributed by atoms with E-state index in [1.165, 1.54) is 24.8 Å². The molecule has 1 fully saturated rings. The highest BCUT2D eigenvalue weighted by Crippen LogP contribution is 2.45. The van der Waals surface area contributed by atoms with E-state index in [2.05, 4.69) is 36.7 Å². The highest BCUT2D eigenvalue weighted by Gasteiger charge is 2.35. The maximum Gasteiger partial charge on any atom is 0.0570 e. The van der Waals surface area contributed by atoms with Crippen LogP contribution in [0.4, 0.5) is 0 Å². The number of hydrogen-bond acceptors (Lipinski definition) is 1. The van der Waals surface area contributed by atoms with Gasteiger partial charge in [-0.1, -0.05) is 20.3 Å². The molecule has 0 radical (unpaired) electrons. The molecule has 0 amide bonds. The first-order chi connectivity index (χ1) is 6.09. The zero-order valence-corrected chi connectivity index (χ0v) is 8.75. The second-order valence-electron chi connectivity index (χ2n) is 4.89.